The van der Waals surface area contributed by atoms with Crippen LogP contribution in [0.15, 0.2) is 11.2 Å². The molecule has 0 aliphatic carbocycles. The third-order valence-corrected chi connectivity index (χ3v) is 2.72. The second-order valence-corrected chi connectivity index (χ2v) is 4.60. The summed E-state index contributed by atoms with van der Waals surface area (Å²) in [6.45, 7) is -1.72. The maximum Gasteiger partial charge on any atom is 0.422 e. The van der Waals surface area contributed by atoms with E-state index >= 15 is 0 Å². The molecule has 0 unspecified atom stereocenters. The van der Waals surface area contributed by atoms with E-state index in [0.717, 1.165) is 6.33 Å². The Kier molecular flexibility index (Phi) is 3.79. The summed E-state index contributed by atoms with van der Waals surface area (Å²) in [4.78, 5) is 5.63. The van der Waals surface area contributed by atoms with Crippen molar-refractivity contribution < 1.29 is 26.3 Å². The van der Waals surface area contributed by atoms with Gasteiger partial charge in [0.2, 0.25) is 15.9 Å². The van der Waals surface area contributed by atoms with E-state index in [9.17, 15) is 21.6 Å². The Morgan fingerprint density at radius 1 is 1.41 bits per heavy atom. The maximum atomic E-state index is 11.9. The molecular weight excluding hydrogens is 287 g/mol. The van der Waals surface area contributed by atoms with E-state index in [1.165, 1.54) is 0 Å². The maximum absolute atomic E-state index is 11.9. The van der Waals surface area contributed by atoms with Crippen LogP contribution in [0.1, 0.15) is 0 Å². The minimum absolute atomic E-state index is 0.611. The molecule has 0 amide bonds. The molecule has 96 valence electrons. The van der Waals surface area contributed by atoms with Crippen LogP contribution in [0.4, 0.5) is 13.2 Å². The second-order valence-electron chi connectivity index (χ2n) is 2.75. The monoisotopic (exact) mass is 291 g/mol. The third kappa shape index (κ3) is 3.98. The molecule has 1 rings (SSSR count). The molecule has 1 heterocycles. The molecule has 0 spiro atoms. The lowest BCUT2D eigenvalue weighted by Gasteiger charge is -2.11. The normalized spacial score (nSPS) is 12.5. The lowest BCUT2D eigenvalue weighted by Crippen LogP contribution is -2.22. The van der Waals surface area contributed by atoms with Crippen molar-refractivity contribution in [2.75, 3.05) is 6.61 Å². The smallest absolute Gasteiger partial charge is 0.422 e. The molecule has 0 aliphatic rings. The van der Waals surface area contributed by atoms with Crippen molar-refractivity contribution in [3.8, 4) is 5.88 Å². The minimum Gasteiger partial charge on any atom is -0.467 e. The molecule has 6 nitrogen and oxygen atoms in total. The number of nitrogens with zero attached hydrogens (tertiary/aromatic N) is 2. The molecule has 17 heavy (non-hydrogen) atoms. The van der Waals surface area contributed by atoms with Gasteiger partial charge in [-0.25, -0.2) is 23.5 Å². The first-order chi connectivity index (χ1) is 7.61. The summed E-state index contributed by atoms with van der Waals surface area (Å²) in [6, 6.07) is 0. The van der Waals surface area contributed by atoms with Crippen LogP contribution in [0.3, 0.4) is 0 Å². The minimum atomic E-state index is -4.65. The summed E-state index contributed by atoms with van der Waals surface area (Å²) < 4.78 is 62.0. The highest BCUT2D eigenvalue weighted by Gasteiger charge is 2.31. The molecule has 0 saturated carbocycles. The van der Waals surface area contributed by atoms with Crippen molar-refractivity contribution in [3.05, 3.63) is 11.5 Å². The second kappa shape index (κ2) is 4.63. The molecule has 0 aliphatic heterocycles. The van der Waals surface area contributed by atoms with E-state index in [-0.39, 0.29) is 0 Å². The highest BCUT2D eigenvalue weighted by atomic mass is 35.5. The molecule has 0 atom stereocenters. The molecule has 0 saturated heterocycles. The number of halogens is 4. The highest BCUT2D eigenvalue weighted by Crippen LogP contribution is 2.27. The van der Waals surface area contributed by atoms with Gasteiger partial charge >= 0.3 is 6.18 Å². The first kappa shape index (κ1) is 13.9. The first-order valence-electron chi connectivity index (χ1n) is 3.84. The van der Waals surface area contributed by atoms with Crippen molar-refractivity contribution >= 4 is 21.6 Å². The Labute approximate surface area is 98.6 Å². The van der Waals surface area contributed by atoms with Crippen molar-refractivity contribution in [2.45, 2.75) is 11.1 Å². The van der Waals surface area contributed by atoms with Gasteiger partial charge in [-0.2, -0.15) is 13.2 Å². The van der Waals surface area contributed by atoms with Crippen LogP contribution in [0.2, 0.25) is 5.15 Å². The summed E-state index contributed by atoms with van der Waals surface area (Å²) in [7, 11) is -4.38. The fraction of sp³-hybridized carbons (Fsp3) is 0.333. The van der Waals surface area contributed by atoms with Crippen molar-refractivity contribution in [1.29, 1.82) is 0 Å². The number of aromatic nitrogens is 2. The van der Waals surface area contributed by atoms with E-state index in [1.807, 2.05) is 0 Å². The molecule has 0 bridgehead atoms. The van der Waals surface area contributed by atoms with Crippen LogP contribution in [-0.4, -0.2) is 31.2 Å². The van der Waals surface area contributed by atoms with Gasteiger partial charge in [0, 0.05) is 0 Å². The summed E-state index contributed by atoms with van der Waals surface area (Å²) in [6.07, 6.45) is -3.89. The van der Waals surface area contributed by atoms with Crippen LogP contribution in [0, 0.1) is 0 Å². The van der Waals surface area contributed by atoms with Crippen LogP contribution in [0.25, 0.3) is 0 Å². The molecule has 2 N–H and O–H groups in total. The molecule has 0 radical (unpaired) electrons. The number of alkyl halides is 3. The van der Waals surface area contributed by atoms with Crippen molar-refractivity contribution in [3.63, 3.8) is 0 Å². The number of hydrogen-bond acceptors (Lipinski definition) is 5. The number of primary sulfonamides is 1. The zero-order valence-electron chi connectivity index (χ0n) is 7.90. The summed E-state index contributed by atoms with van der Waals surface area (Å²) in [5, 5.41) is 4.13. The lowest BCUT2D eigenvalue weighted by molar-refractivity contribution is -0.154. The van der Waals surface area contributed by atoms with E-state index in [2.05, 4.69) is 14.7 Å². The Hall–Kier alpha value is -1.13. The topological polar surface area (TPSA) is 95.2 Å². The molecular formula is C6H5ClF3N3O3S. The third-order valence-electron chi connectivity index (χ3n) is 1.38. The van der Waals surface area contributed by atoms with Crippen LogP contribution >= 0.6 is 11.6 Å². The number of nitrogens with two attached hydrogens (primary N) is 1. The highest BCUT2D eigenvalue weighted by molar-refractivity contribution is 7.89. The van der Waals surface area contributed by atoms with Gasteiger partial charge in [0.05, 0.1) is 0 Å². The molecule has 1 aromatic rings. The number of ether oxygens (including phenoxy) is 1. The largest absolute Gasteiger partial charge is 0.467 e. The van der Waals surface area contributed by atoms with E-state index in [1.54, 1.807) is 0 Å². The van der Waals surface area contributed by atoms with Gasteiger partial charge in [-0.05, 0) is 0 Å². The Balaban J connectivity index is 3.13. The van der Waals surface area contributed by atoms with Gasteiger partial charge in [-0.15, -0.1) is 0 Å². The average molecular weight is 292 g/mol. The number of sulfonamides is 1. The van der Waals surface area contributed by atoms with Gasteiger partial charge in [0.25, 0.3) is 0 Å². The van der Waals surface area contributed by atoms with Crippen molar-refractivity contribution in [1.82, 2.24) is 9.97 Å². The van der Waals surface area contributed by atoms with E-state index in [4.69, 9.17) is 16.7 Å². The average Bonchev–Trinajstić information content (AvgIpc) is 2.11. The zero-order chi connectivity index (χ0) is 13.3. The summed E-state index contributed by atoms with van der Waals surface area (Å²) >= 11 is 5.39. The SMILES string of the molecule is NS(=O)(=O)c1c(Cl)ncnc1OCC(F)(F)F. The van der Waals surface area contributed by atoms with Crippen LogP contribution in [-0.2, 0) is 10.0 Å². The quantitative estimate of drug-likeness (QED) is 0.828. The van der Waals surface area contributed by atoms with Crippen molar-refractivity contribution in [2.24, 2.45) is 5.14 Å². The standard InChI is InChI=1S/C6H5ClF3N3O3S/c7-4-3(17(11,14)15)5(13-2-12-4)16-1-6(8,9)10/h2H,1H2,(H2,11,14,15). The predicted molar refractivity (Wildman–Crippen MR) is 50.0 cm³/mol. The van der Waals surface area contributed by atoms with E-state index in [0.29, 0.717) is 0 Å². The van der Waals surface area contributed by atoms with Gasteiger partial charge in [-0.3, -0.25) is 0 Å². The first-order valence-corrected chi connectivity index (χ1v) is 5.76. The summed E-state index contributed by atoms with van der Waals surface area (Å²) in [5.41, 5.74) is 0. The molecule has 1 aromatic heterocycles. The lowest BCUT2D eigenvalue weighted by atomic mass is 10.6. The van der Waals surface area contributed by atoms with Gasteiger partial charge in [0.1, 0.15) is 6.33 Å². The van der Waals surface area contributed by atoms with Gasteiger partial charge in [0.15, 0.2) is 16.7 Å². The Morgan fingerprint density at radius 3 is 2.47 bits per heavy atom. The van der Waals surface area contributed by atoms with Crippen LogP contribution < -0.4 is 9.88 Å². The molecule has 11 heteroatoms. The Bertz CT molecular complexity index is 519. The number of hydrogen-bond donors (Lipinski definition) is 1. The van der Waals surface area contributed by atoms with Gasteiger partial charge < -0.3 is 4.74 Å². The van der Waals surface area contributed by atoms with Gasteiger partial charge in [-0.1, -0.05) is 11.6 Å². The predicted octanol–water partition coefficient (Wildman–Crippen LogP) is 0.719. The van der Waals surface area contributed by atoms with Crippen LogP contribution in [0.5, 0.6) is 5.88 Å². The van der Waals surface area contributed by atoms with E-state index < -0.39 is 38.7 Å². The fourth-order valence-electron chi connectivity index (χ4n) is 0.830. The summed E-state index contributed by atoms with van der Waals surface area (Å²) in [5.74, 6) is -0.843. The fourth-order valence-corrected chi connectivity index (χ4v) is 1.92. The molecule has 0 aromatic carbocycles. The number of rotatable bonds is 3. The zero-order valence-corrected chi connectivity index (χ0v) is 9.47. The Morgan fingerprint density at radius 2 is 2.00 bits per heavy atom. The molecule has 0 fully saturated rings.